The van der Waals surface area contributed by atoms with Gasteiger partial charge in [-0.05, 0) is 23.8 Å². The minimum absolute atomic E-state index is 0.479. The molecule has 2 rings (SSSR count). The number of hydrogen-bond acceptors (Lipinski definition) is 3. The zero-order chi connectivity index (χ0) is 9.26. The molecule has 4 heteroatoms. The van der Waals surface area contributed by atoms with E-state index in [9.17, 15) is 4.39 Å². The fraction of sp³-hybridized carbons (Fsp3) is 0. The van der Waals surface area contributed by atoms with Crippen LogP contribution >= 0.6 is 0 Å². The van der Waals surface area contributed by atoms with Crippen LogP contribution in [0.25, 0.3) is 11.0 Å². The molecule has 0 atom stereocenters. The lowest BCUT2D eigenvalue weighted by molar-refractivity contribution is 0.322. The monoisotopic (exact) mass is 179 g/mol. The van der Waals surface area contributed by atoms with Crippen molar-refractivity contribution in [2.24, 2.45) is 5.16 Å². The van der Waals surface area contributed by atoms with E-state index in [1.165, 1.54) is 12.3 Å². The first kappa shape index (κ1) is 7.79. The van der Waals surface area contributed by atoms with Gasteiger partial charge in [0.05, 0.1) is 6.21 Å². The second kappa shape index (κ2) is 2.90. The van der Waals surface area contributed by atoms with E-state index in [-0.39, 0.29) is 0 Å². The molecule has 0 bridgehead atoms. The van der Waals surface area contributed by atoms with Gasteiger partial charge in [0.2, 0.25) is 0 Å². The van der Waals surface area contributed by atoms with Gasteiger partial charge in [-0.3, -0.25) is 0 Å². The maximum atomic E-state index is 12.6. The van der Waals surface area contributed by atoms with Gasteiger partial charge in [-0.25, -0.2) is 0 Å². The van der Waals surface area contributed by atoms with Gasteiger partial charge in [-0.2, -0.15) is 4.39 Å². The molecule has 0 aliphatic heterocycles. The van der Waals surface area contributed by atoms with Crippen LogP contribution in [0, 0.1) is 6.01 Å². The zero-order valence-electron chi connectivity index (χ0n) is 6.57. The molecule has 0 saturated heterocycles. The van der Waals surface area contributed by atoms with Crippen molar-refractivity contribution in [2.75, 3.05) is 0 Å². The molecule has 0 fully saturated rings. The molecular weight excluding hydrogens is 173 g/mol. The number of halogens is 1. The molecule has 0 unspecified atom stereocenters. The summed E-state index contributed by atoms with van der Waals surface area (Å²) in [6, 6.07) is 5.62. The first-order valence-corrected chi connectivity index (χ1v) is 3.66. The van der Waals surface area contributed by atoms with Gasteiger partial charge >= 0.3 is 0 Å². The first-order chi connectivity index (χ1) is 6.29. The Hall–Kier alpha value is -1.84. The number of rotatable bonds is 1. The SMILES string of the molecule is ON=Cc1ccc2oc(F)cc2c1. The summed E-state index contributed by atoms with van der Waals surface area (Å²) in [5, 5.41) is 11.8. The fourth-order valence-corrected chi connectivity index (χ4v) is 1.18. The highest BCUT2D eigenvalue weighted by atomic mass is 19.1. The third-order valence-electron chi connectivity index (χ3n) is 1.72. The maximum absolute atomic E-state index is 12.6. The lowest BCUT2D eigenvalue weighted by atomic mass is 10.2. The quantitative estimate of drug-likeness (QED) is 0.415. The maximum Gasteiger partial charge on any atom is 0.278 e. The van der Waals surface area contributed by atoms with E-state index < -0.39 is 6.01 Å². The predicted molar refractivity (Wildman–Crippen MR) is 45.6 cm³/mol. The van der Waals surface area contributed by atoms with Crippen LogP contribution < -0.4 is 0 Å². The van der Waals surface area contributed by atoms with E-state index in [0.29, 0.717) is 16.5 Å². The summed E-state index contributed by atoms with van der Waals surface area (Å²) in [5.41, 5.74) is 1.17. The van der Waals surface area contributed by atoms with Gasteiger partial charge < -0.3 is 9.62 Å². The second-order valence-corrected chi connectivity index (χ2v) is 2.59. The van der Waals surface area contributed by atoms with Crippen LogP contribution in [0.4, 0.5) is 4.39 Å². The summed E-state index contributed by atoms with van der Waals surface area (Å²) in [6.07, 6.45) is 1.27. The molecule has 0 saturated carbocycles. The van der Waals surface area contributed by atoms with Crippen molar-refractivity contribution < 1.29 is 14.0 Å². The minimum Gasteiger partial charge on any atom is -0.431 e. The van der Waals surface area contributed by atoms with Gasteiger partial charge in [0.1, 0.15) is 5.58 Å². The Morgan fingerprint density at radius 1 is 1.38 bits per heavy atom. The lowest BCUT2D eigenvalue weighted by Gasteiger charge is -1.90. The largest absolute Gasteiger partial charge is 0.431 e. The van der Waals surface area contributed by atoms with Crippen molar-refractivity contribution >= 4 is 17.2 Å². The molecule has 0 radical (unpaired) electrons. The molecule has 0 aliphatic rings. The van der Waals surface area contributed by atoms with Crippen LogP contribution in [0.5, 0.6) is 0 Å². The summed E-state index contributed by atoms with van der Waals surface area (Å²) >= 11 is 0. The number of nitrogens with zero attached hydrogens (tertiary/aromatic N) is 1. The molecule has 1 aromatic heterocycles. The van der Waals surface area contributed by atoms with Crippen molar-refractivity contribution in [2.45, 2.75) is 0 Å². The Balaban J connectivity index is 2.61. The third kappa shape index (κ3) is 1.38. The first-order valence-electron chi connectivity index (χ1n) is 3.66. The Kier molecular flexibility index (Phi) is 1.73. The Labute approximate surface area is 73.1 Å². The normalized spacial score (nSPS) is 11.5. The van der Waals surface area contributed by atoms with Crippen molar-refractivity contribution in [1.82, 2.24) is 0 Å². The fourth-order valence-electron chi connectivity index (χ4n) is 1.18. The summed E-state index contributed by atoms with van der Waals surface area (Å²) in [7, 11) is 0. The van der Waals surface area contributed by atoms with E-state index in [2.05, 4.69) is 5.16 Å². The highest BCUT2D eigenvalue weighted by Gasteiger charge is 2.02. The van der Waals surface area contributed by atoms with Gasteiger partial charge in [-0.1, -0.05) is 5.16 Å². The summed E-state index contributed by atoms with van der Waals surface area (Å²) in [5.74, 6) is 0. The molecule has 1 N–H and O–H groups in total. The molecule has 0 amide bonds. The van der Waals surface area contributed by atoms with Gasteiger partial charge in [-0.15, -0.1) is 0 Å². The summed E-state index contributed by atoms with van der Waals surface area (Å²) < 4.78 is 17.3. The predicted octanol–water partition coefficient (Wildman–Crippen LogP) is 2.38. The zero-order valence-corrected chi connectivity index (χ0v) is 6.57. The van der Waals surface area contributed by atoms with Crippen molar-refractivity contribution in [1.29, 1.82) is 0 Å². The lowest BCUT2D eigenvalue weighted by Crippen LogP contribution is -1.78. The molecule has 1 heterocycles. The van der Waals surface area contributed by atoms with E-state index in [1.54, 1.807) is 18.2 Å². The number of furan rings is 1. The van der Waals surface area contributed by atoms with Crippen molar-refractivity contribution in [3.05, 3.63) is 35.8 Å². The van der Waals surface area contributed by atoms with Crippen LogP contribution in [0.1, 0.15) is 5.56 Å². The minimum atomic E-state index is -0.618. The van der Waals surface area contributed by atoms with Gasteiger partial charge in [0.15, 0.2) is 0 Å². The number of fused-ring (bicyclic) bond motifs is 1. The molecule has 0 aliphatic carbocycles. The molecule has 2 aromatic rings. The molecule has 3 nitrogen and oxygen atoms in total. The van der Waals surface area contributed by atoms with Crippen LogP contribution in [-0.2, 0) is 0 Å². The number of benzene rings is 1. The summed E-state index contributed by atoms with van der Waals surface area (Å²) in [6.45, 7) is 0. The van der Waals surface area contributed by atoms with Crippen LogP contribution in [0.2, 0.25) is 0 Å². The van der Waals surface area contributed by atoms with Crippen LogP contribution in [0.3, 0.4) is 0 Å². The highest BCUT2D eigenvalue weighted by molar-refractivity contribution is 5.87. The number of oxime groups is 1. The number of hydrogen-bond donors (Lipinski definition) is 1. The van der Waals surface area contributed by atoms with Crippen molar-refractivity contribution in [3.8, 4) is 0 Å². The average molecular weight is 179 g/mol. The Morgan fingerprint density at radius 3 is 3.00 bits per heavy atom. The average Bonchev–Trinajstić information content (AvgIpc) is 2.44. The van der Waals surface area contributed by atoms with E-state index >= 15 is 0 Å². The summed E-state index contributed by atoms with van der Waals surface area (Å²) in [4.78, 5) is 0. The molecule has 0 spiro atoms. The van der Waals surface area contributed by atoms with Gasteiger partial charge in [0, 0.05) is 11.5 Å². The molecule has 1 aromatic carbocycles. The van der Waals surface area contributed by atoms with Crippen LogP contribution in [0.15, 0.2) is 33.8 Å². The Morgan fingerprint density at radius 2 is 2.23 bits per heavy atom. The third-order valence-corrected chi connectivity index (χ3v) is 1.72. The van der Waals surface area contributed by atoms with Crippen LogP contribution in [-0.4, -0.2) is 11.4 Å². The standard InChI is InChI=1S/C9H6FNO2/c10-9-4-7-3-6(5-11-12)1-2-8(7)13-9/h1-5,12H. The Bertz CT molecular complexity index is 462. The van der Waals surface area contributed by atoms with E-state index in [4.69, 9.17) is 9.62 Å². The second-order valence-electron chi connectivity index (χ2n) is 2.59. The van der Waals surface area contributed by atoms with Crippen molar-refractivity contribution in [3.63, 3.8) is 0 Å². The molecule has 66 valence electrons. The topological polar surface area (TPSA) is 45.7 Å². The molecule has 13 heavy (non-hydrogen) atoms. The van der Waals surface area contributed by atoms with E-state index in [1.807, 2.05) is 0 Å². The highest BCUT2D eigenvalue weighted by Crippen LogP contribution is 2.18. The molecular formula is C9H6FNO2. The smallest absolute Gasteiger partial charge is 0.278 e. The van der Waals surface area contributed by atoms with E-state index in [0.717, 1.165) is 0 Å². The van der Waals surface area contributed by atoms with Gasteiger partial charge in [0.25, 0.3) is 6.01 Å².